The van der Waals surface area contributed by atoms with Crippen LogP contribution in [-0.4, -0.2) is 48.4 Å². The van der Waals surface area contributed by atoms with Crippen molar-refractivity contribution in [1.82, 2.24) is 10.0 Å². The summed E-state index contributed by atoms with van der Waals surface area (Å²) in [7, 11) is -1.62. The van der Waals surface area contributed by atoms with Gasteiger partial charge in [-0.2, -0.15) is 0 Å². The number of sulfonamides is 1. The Balaban J connectivity index is 1.89. The van der Waals surface area contributed by atoms with Crippen LogP contribution < -0.4 is 14.8 Å². The lowest BCUT2D eigenvalue weighted by atomic mass is 10.1. The molecule has 1 saturated heterocycles. The van der Waals surface area contributed by atoms with Crippen molar-refractivity contribution in [2.45, 2.75) is 11.3 Å². The second-order valence-corrected chi connectivity index (χ2v) is 6.77. The molecule has 1 unspecified atom stereocenters. The van der Waals surface area contributed by atoms with Crippen molar-refractivity contribution < 1.29 is 17.9 Å². The first-order valence-electron chi connectivity index (χ1n) is 7.06. The van der Waals surface area contributed by atoms with E-state index in [1.54, 1.807) is 24.3 Å². The topological polar surface area (TPSA) is 76.7 Å². The van der Waals surface area contributed by atoms with Gasteiger partial charge in [-0.25, -0.2) is 13.1 Å². The van der Waals surface area contributed by atoms with Crippen LogP contribution >= 0.6 is 0 Å². The third-order valence-electron chi connectivity index (χ3n) is 3.34. The van der Waals surface area contributed by atoms with E-state index in [1.807, 2.05) is 7.05 Å². The summed E-state index contributed by atoms with van der Waals surface area (Å²) >= 11 is 0. The number of likely N-dealkylation sites (N-methyl/N-ethyl adjacent to an activating group) is 1. The van der Waals surface area contributed by atoms with Crippen LogP contribution in [-0.2, 0) is 14.8 Å². The van der Waals surface area contributed by atoms with Crippen molar-refractivity contribution in [3.63, 3.8) is 0 Å². The van der Waals surface area contributed by atoms with E-state index in [9.17, 15) is 8.42 Å². The van der Waals surface area contributed by atoms with E-state index < -0.39 is 10.0 Å². The average molecular weight is 314 g/mol. The zero-order chi connectivity index (χ0) is 15.1. The van der Waals surface area contributed by atoms with Gasteiger partial charge in [0.05, 0.1) is 11.5 Å². The minimum Gasteiger partial charge on any atom is -0.492 e. The predicted molar refractivity (Wildman–Crippen MR) is 80.0 cm³/mol. The zero-order valence-electron chi connectivity index (χ0n) is 12.2. The average Bonchev–Trinajstić information content (AvgIpc) is 3.00. The van der Waals surface area contributed by atoms with E-state index in [1.165, 1.54) is 0 Å². The van der Waals surface area contributed by atoms with Crippen LogP contribution in [0.3, 0.4) is 0 Å². The molecule has 0 radical (unpaired) electrons. The van der Waals surface area contributed by atoms with Crippen LogP contribution in [0.15, 0.2) is 29.2 Å². The fraction of sp³-hybridized carbons (Fsp3) is 0.571. The van der Waals surface area contributed by atoms with Crippen LogP contribution in [0.5, 0.6) is 5.75 Å². The molecule has 0 saturated carbocycles. The Morgan fingerprint density at radius 3 is 2.71 bits per heavy atom. The minimum atomic E-state index is -3.46. The maximum atomic E-state index is 12.2. The number of ether oxygens (including phenoxy) is 2. The molecular weight excluding hydrogens is 292 g/mol. The third kappa shape index (κ3) is 4.96. The molecule has 1 fully saturated rings. The SMILES string of the molecule is CNCCOc1ccc(S(=O)(=O)NCC2CCOC2)cc1. The number of hydrogen-bond acceptors (Lipinski definition) is 5. The Labute approximate surface area is 125 Å². The van der Waals surface area contributed by atoms with Crippen molar-refractivity contribution in [1.29, 1.82) is 0 Å². The van der Waals surface area contributed by atoms with Crippen molar-refractivity contribution in [3.05, 3.63) is 24.3 Å². The molecule has 1 heterocycles. The molecule has 2 rings (SSSR count). The molecule has 0 aromatic heterocycles. The Kier molecular flexibility index (Phi) is 5.98. The third-order valence-corrected chi connectivity index (χ3v) is 4.78. The molecule has 1 aliphatic rings. The largest absolute Gasteiger partial charge is 0.492 e. The van der Waals surface area contributed by atoms with Gasteiger partial charge in [0.1, 0.15) is 12.4 Å². The second-order valence-electron chi connectivity index (χ2n) is 5.00. The molecule has 0 aliphatic carbocycles. The number of nitrogens with one attached hydrogen (secondary N) is 2. The second kappa shape index (κ2) is 7.74. The highest BCUT2D eigenvalue weighted by molar-refractivity contribution is 7.89. The van der Waals surface area contributed by atoms with Gasteiger partial charge in [-0.05, 0) is 43.7 Å². The lowest BCUT2D eigenvalue weighted by Gasteiger charge is -2.11. The van der Waals surface area contributed by atoms with Gasteiger partial charge >= 0.3 is 0 Å². The molecule has 0 spiro atoms. The monoisotopic (exact) mass is 314 g/mol. The van der Waals surface area contributed by atoms with Gasteiger partial charge < -0.3 is 14.8 Å². The highest BCUT2D eigenvalue weighted by atomic mass is 32.2. The molecule has 1 aromatic carbocycles. The standard InChI is InChI=1S/C14H22N2O4S/c1-15-7-9-20-13-2-4-14(5-3-13)21(17,18)16-10-12-6-8-19-11-12/h2-5,12,15-16H,6-11H2,1H3. The molecule has 118 valence electrons. The van der Waals surface area contributed by atoms with Crippen molar-refractivity contribution in [2.24, 2.45) is 5.92 Å². The van der Waals surface area contributed by atoms with Gasteiger partial charge in [0.25, 0.3) is 0 Å². The van der Waals surface area contributed by atoms with Crippen LogP contribution in [0.4, 0.5) is 0 Å². The van der Waals surface area contributed by atoms with Crippen LogP contribution in [0.25, 0.3) is 0 Å². The maximum absolute atomic E-state index is 12.2. The summed E-state index contributed by atoms with van der Waals surface area (Å²) in [5, 5.41) is 2.98. The minimum absolute atomic E-state index is 0.252. The number of benzene rings is 1. The van der Waals surface area contributed by atoms with Crippen LogP contribution in [0.1, 0.15) is 6.42 Å². The molecule has 0 bridgehead atoms. The highest BCUT2D eigenvalue weighted by Gasteiger charge is 2.20. The molecule has 2 N–H and O–H groups in total. The Bertz CT molecular complexity index is 524. The molecule has 1 atom stereocenters. The van der Waals surface area contributed by atoms with Gasteiger partial charge in [-0.1, -0.05) is 0 Å². The lowest BCUT2D eigenvalue weighted by molar-refractivity contribution is 0.186. The van der Waals surface area contributed by atoms with Crippen molar-refractivity contribution in [2.75, 3.05) is 40.0 Å². The summed E-state index contributed by atoms with van der Waals surface area (Å²) in [6.45, 7) is 3.04. The van der Waals surface area contributed by atoms with E-state index in [0.29, 0.717) is 32.1 Å². The van der Waals surface area contributed by atoms with E-state index in [2.05, 4.69) is 10.0 Å². The smallest absolute Gasteiger partial charge is 0.240 e. The molecule has 1 aromatic rings. The summed E-state index contributed by atoms with van der Waals surface area (Å²) in [4.78, 5) is 0.252. The highest BCUT2D eigenvalue weighted by Crippen LogP contribution is 2.17. The molecule has 21 heavy (non-hydrogen) atoms. The van der Waals surface area contributed by atoms with Crippen LogP contribution in [0, 0.1) is 5.92 Å². The summed E-state index contributed by atoms with van der Waals surface area (Å²) in [6, 6.07) is 6.45. The van der Waals surface area contributed by atoms with E-state index in [-0.39, 0.29) is 10.8 Å². The normalized spacial score (nSPS) is 18.8. The Morgan fingerprint density at radius 1 is 1.33 bits per heavy atom. The van der Waals surface area contributed by atoms with E-state index in [4.69, 9.17) is 9.47 Å². The number of rotatable bonds is 8. The summed E-state index contributed by atoms with van der Waals surface area (Å²) in [6.07, 6.45) is 0.904. The Hall–Kier alpha value is -1.15. The lowest BCUT2D eigenvalue weighted by Crippen LogP contribution is -2.29. The van der Waals surface area contributed by atoms with E-state index in [0.717, 1.165) is 13.0 Å². The first-order chi connectivity index (χ1) is 10.1. The van der Waals surface area contributed by atoms with Crippen molar-refractivity contribution in [3.8, 4) is 5.75 Å². The summed E-state index contributed by atoms with van der Waals surface area (Å²) in [5.41, 5.74) is 0. The first-order valence-corrected chi connectivity index (χ1v) is 8.55. The van der Waals surface area contributed by atoms with Gasteiger partial charge in [-0.15, -0.1) is 0 Å². The molecule has 6 nitrogen and oxygen atoms in total. The van der Waals surface area contributed by atoms with Crippen LogP contribution in [0.2, 0.25) is 0 Å². The van der Waals surface area contributed by atoms with Gasteiger partial charge in [0.15, 0.2) is 0 Å². The molecule has 0 amide bonds. The summed E-state index contributed by atoms with van der Waals surface area (Å²) in [5.74, 6) is 0.928. The van der Waals surface area contributed by atoms with Gasteiger partial charge in [-0.3, -0.25) is 0 Å². The summed E-state index contributed by atoms with van der Waals surface area (Å²) < 4.78 is 37.6. The van der Waals surface area contributed by atoms with Gasteiger partial charge in [0, 0.05) is 19.7 Å². The fourth-order valence-electron chi connectivity index (χ4n) is 2.04. The molecule has 1 aliphatic heterocycles. The van der Waals surface area contributed by atoms with Crippen molar-refractivity contribution >= 4 is 10.0 Å². The quantitative estimate of drug-likeness (QED) is 0.687. The van der Waals surface area contributed by atoms with Gasteiger partial charge in [0.2, 0.25) is 10.0 Å². The van der Waals surface area contributed by atoms with E-state index >= 15 is 0 Å². The Morgan fingerprint density at radius 2 is 2.10 bits per heavy atom. The fourth-order valence-corrected chi connectivity index (χ4v) is 3.16. The first kappa shape index (κ1) is 16.2. The molecule has 7 heteroatoms. The zero-order valence-corrected chi connectivity index (χ0v) is 13.0. The predicted octanol–water partition coefficient (Wildman–Crippen LogP) is 0.600. The molecular formula is C14H22N2O4S. The number of hydrogen-bond donors (Lipinski definition) is 2. The maximum Gasteiger partial charge on any atom is 0.240 e.